The highest BCUT2D eigenvalue weighted by Gasteiger charge is 2.40. The third-order valence-corrected chi connectivity index (χ3v) is 7.68. The van der Waals surface area contributed by atoms with Crippen LogP contribution in [0.1, 0.15) is 34.7 Å². The minimum Gasteiger partial charge on any atom is -0.497 e. The van der Waals surface area contributed by atoms with Crippen LogP contribution in [0.5, 0.6) is 11.5 Å². The fraction of sp³-hybridized carbons (Fsp3) is 0.292. The van der Waals surface area contributed by atoms with E-state index in [1.165, 1.54) is 44.7 Å². The van der Waals surface area contributed by atoms with E-state index in [1.54, 1.807) is 18.2 Å². The molecule has 2 heterocycles. The fourth-order valence-corrected chi connectivity index (χ4v) is 5.51. The van der Waals surface area contributed by atoms with Gasteiger partial charge in [-0.1, -0.05) is 24.3 Å². The number of halogens is 3. The van der Waals surface area contributed by atoms with Gasteiger partial charge < -0.3 is 19.8 Å². The first-order valence-electron chi connectivity index (χ1n) is 11.2. The molecule has 1 fully saturated rings. The van der Waals surface area contributed by atoms with Crippen LogP contribution in [0.25, 0.3) is 11.3 Å². The number of aromatic amines is 1. The van der Waals surface area contributed by atoms with Gasteiger partial charge in [0.15, 0.2) is 0 Å². The van der Waals surface area contributed by atoms with Gasteiger partial charge in [-0.25, -0.2) is 13.4 Å². The van der Waals surface area contributed by atoms with Crippen molar-refractivity contribution in [1.29, 1.82) is 0 Å². The van der Waals surface area contributed by atoms with Gasteiger partial charge in [-0.15, -0.1) is 0 Å². The summed E-state index contributed by atoms with van der Waals surface area (Å²) in [6.07, 6.45) is -4.05. The molecule has 3 N–H and O–H groups in total. The Bertz CT molecular complexity index is 1450. The van der Waals surface area contributed by atoms with Crippen molar-refractivity contribution >= 4 is 21.8 Å². The highest BCUT2D eigenvalue weighted by Crippen LogP contribution is 2.34. The lowest BCUT2D eigenvalue weighted by molar-refractivity contribution is -0.174. The number of H-pyrrole nitrogens is 1. The average molecular weight is 553 g/mol. The lowest BCUT2D eigenvalue weighted by Gasteiger charge is -2.18. The first-order valence-corrected chi connectivity index (χ1v) is 12.7. The van der Waals surface area contributed by atoms with Gasteiger partial charge in [0.05, 0.1) is 38.6 Å². The molecule has 2 unspecified atom stereocenters. The van der Waals surface area contributed by atoms with Gasteiger partial charge in [-0.3, -0.25) is 14.3 Å². The van der Waals surface area contributed by atoms with Crippen LogP contribution in [0, 0.1) is 0 Å². The molecular formula is C24H23F3N4O6S. The molecule has 1 saturated heterocycles. The van der Waals surface area contributed by atoms with Crippen molar-refractivity contribution < 1.29 is 40.7 Å². The fourth-order valence-electron chi connectivity index (χ4n) is 4.08. The van der Waals surface area contributed by atoms with Crippen LogP contribution in [-0.2, 0) is 26.0 Å². The number of hydrogen-bond donors (Lipinski definition) is 3. The number of nitrogens with one attached hydrogen (secondary N) is 3. The monoisotopic (exact) mass is 552 g/mol. The maximum atomic E-state index is 13.1. The van der Waals surface area contributed by atoms with E-state index < -0.39 is 39.3 Å². The van der Waals surface area contributed by atoms with E-state index in [2.05, 4.69) is 9.97 Å². The van der Waals surface area contributed by atoms with Crippen molar-refractivity contribution in [3.63, 3.8) is 0 Å². The molecule has 38 heavy (non-hydrogen) atoms. The molecular weight excluding hydrogens is 529 g/mol. The third-order valence-electron chi connectivity index (χ3n) is 5.98. The summed E-state index contributed by atoms with van der Waals surface area (Å²) in [7, 11) is -0.910. The topological polar surface area (TPSA) is 139 Å². The Labute approximate surface area is 215 Å². The number of sulfonamides is 1. The minimum atomic E-state index is -5.12. The van der Waals surface area contributed by atoms with E-state index in [0.29, 0.717) is 33.9 Å². The van der Waals surface area contributed by atoms with Gasteiger partial charge >= 0.3 is 12.1 Å². The molecule has 0 saturated carbocycles. The smallest absolute Gasteiger partial charge is 0.471 e. The molecule has 202 valence electrons. The maximum Gasteiger partial charge on any atom is 0.471 e. The van der Waals surface area contributed by atoms with E-state index in [1.807, 2.05) is 10.0 Å². The number of rotatable bonds is 8. The normalized spacial score (nSPS) is 17.5. The molecule has 0 radical (unpaired) electrons. The summed E-state index contributed by atoms with van der Waals surface area (Å²) >= 11 is 0. The summed E-state index contributed by atoms with van der Waals surface area (Å²) in [5, 5.41) is 0.902. The molecule has 10 nitrogen and oxygen atoms in total. The summed E-state index contributed by atoms with van der Waals surface area (Å²) in [5.74, 6) is -1.73. The minimum absolute atomic E-state index is 0.0553. The van der Waals surface area contributed by atoms with Crippen LogP contribution in [0.3, 0.4) is 0 Å². The second-order valence-electron chi connectivity index (χ2n) is 8.48. The number of methoxy groups -OCH3 is 2. The van der Waals surface area contributed by atoms with E-state index in [4.69, 9.17) is 9.47 Å². The maximum absolute atomic E-state index is 13.1. The van der Waals surface area contributed by atoms with Crippen molar-refractivity contribution in [3.8, 4) is 22.8 Å². The molecule has 2 amide bonds. The molecule has 2 aromatic carbocycles. The number of hydrogen-bond acceptors (Lipinski definition) is 7. The van der Waals surface area contributed by atoms with Gasteiger partial charge in [0.1, 0.15) is 22.6 Å². The number of nitrogens with zero attached hydrogens (tertiary/aromatic N) is 1. The zero-order valence-corrected chi connectivity index (χ0v) is 20.9. The van der Waals surface area contributed by atoms with Gasteiger partial charge in [0.25, 0.3) is 0 Å². The Balaban J connectivity index is 1.63. The number of ether oxygens (including phenoxy) is 2. The molecule has 0 spiro atoms. The molecule has 1 aromatic heterocycles. The van der Waals surface area contributed by atoms with Gasteiger partial charge in [0.2, 0.25) is 15.9 Å². The average Bonchev–Trinajstić information content (AvgIpc) is 3.46. The summed E-state index contributed by atoms with van der Waals surface area (Å²) in [5.41, 5.74) is 1.80. The summed E-state index contributed by atoms with van der Waals surface area (Å²) < 4.78 is 76.0. The molecule has 2 atom stereocenters. The van der Waals surface area contributed by atoms with Crippen LogP contribution < -0.4 is 19.5 Å². The Kier molecular flexibility index (Phi) is 7.35. The largest absolute Gasteiger partial charge is 0.497 e. The quantitative estimate of drug-likeness (QED) is 0.391. The van der Waals surface area contributed by atoms with Crippen molar-refractivity contribution in [2.24, 2.45) is 0 Å². The third kappa shape index (κ3) is 5.74. The molecule has 1 aliphatic rings. The Morgan fingerprint density at radius 3 is 2.45 bits per heavy atom. The second-order valence-corrected chi connectivity index (χ2v) is 10.3. The highest BCUT2D eigenvalue weighted by molar-refractivity contribution is 7.90. The van der Waals surface area contributed by atoms with Crippen LogP contribution in [0.15, 0.2) is 48.7 Å². The highest BCUT2D eigenvalue weighted by atomic mass is 32.2. The van der Waals surface area contributed by atoms with E-state index in [9.17, 15) is 31.2 Å². The Hall–Kier alpha value is -4.07. The predicted molar refractivity (Wildman–Crippen MR) is 129 cm³/mol. The zero-order valence-electron chi connectivity index (χ0n) is 20.1. The number of alkyl halides is 3. The Morgan fingerprint density at radius 2 is 1.87 bits per heavy atom. The van der Waals surface area contributed by atoms with Gasteiger partial charge in [0, 0.05) is 5.56 Å². The van der Waals surface area contributed by atoms with Crippen LogP contribution in [-0.4, -0.2) is 50.6 Å². The van der Waals surface area contributed by atoms with Crippen molar-refractivity contribution in [1.82, 2.24) is 20.0 Å². The lowest BCUT2D eigenvalue weighted by Crippen LogP contribution is -2.40. The van der Waals surface area contributed by atoms with Crippen LogP contribution >= 0.6 is 0 Å². The van der Waals surface area contributed by atoms with Crippen LogP contribution in [0.4, 0.5) is 13.2 Å². The Morgan fingerprint density at radius 1 is 1.16 bits per heavy atom. The first-order chi connectivity index (χ1) is 17.9. The summed E-state index contributed by atoms with van der Waals surface area (Å²) in [6, 6.07) is 9.80. The molecule has 0 aliphatic carbocycles. The van der Waals surface area contributed by atoms with E-state index >= 15 is 0 Å². The van der Waals surface area contributed by atoms with Crippen molar-refractivity contribution in [2.75, 3.05) is 14.2 Å². The molecule has 4 rings (SSSR count). The zero-order chi connectivity index (χ0) is 27.7. The van der Waals surface area contributed by atoms with Crippen molar-refractivity contribution in [2.45, 2.75) is 30.3 Å². The molecule has 1 aliphatic heterocycles. The standard InChI is InChI=1S/C24H23F3N4O6S/c1-36-15-7-8-19(37-2)16(10-15)18-12-28-22(29-18)17(30-23(33)24(25,26)27)9-13-3-5-14(6-4-13)20-11-21(32)31-38(20,34)35/h3-8,10,12,17,20H,9,11H2,1-2H3,(H,28,29)(H,30,33)(H,31,32). The number of amides is 2. The predicted octanol–water partition coefficient (Wildman–Crippen LogP) is 2.95. The number of benzene rings is 2. The molecule has 0 bridgehead atoms. The number of imidazole rings is 1. The number of carbonyl (C=O) groups is 2. The SMILES string of the molecule is COc1ccc(OC)c(-c2cnc(C(Cc3ccc(C4CC(=O)NS4(=O)=O)cc3)NC(=O)C(F)(F)F)[nH]2)c1. The molecule has 3 aromatic rings. The van der Waals surface area contributed by atoms with Gasteiger partial charge in [-0.05, 0) is 35.7 Å². The van der Waals surface area contributed by atoms with E-state index in [0.717, 1.165) is 0 Å². The van der Waals surface area contributed by atoms with Crippen molar-refractivity contribution in [3.05, 3.63) is 65.6 Å². The number of carbonyl (C=O) groups excluding carboxylic acids is 2. The lowest BCUT2D eigenvalue weighted by atomic mass is 10.0. The summed E-state index contributed by atoms with van der Waals surface area (Å²) in [6.45, 7) is 0. The second kappa shape index (κ2) is 10.4. The number of aromatic nitrogens is 2. The van der Waals surface area contributed by atoms with Gasteiger partial charge in [-0.2, -0.15) is 13.2 Å². The van der Waals surface area contributed by atoms with E-state index in [-0.39, 0.29) is 18.7 Å². The summed E-state index contributed by atoms with van der Waals surface area (Å²) in [4.78, 5) is 30.5. The molecule has 14 heteroatoms. The first kappa shape index (κ1) is 27.0. The van der Waals surface area contributed by atoms with Crippen LogP contribution in [0.2, 0.25) is 0 Å².